The van der Waals surface area contributed by atoms with Gasteiger partial charge in [-0.1, -0.05) is 12.8 Å². The van der Waals surface area contributed by atoms with Crippen molar-refractivity contribution in [3.05, 3.63) is 29.8 Å². The van der Waals surface area contributed by atoms with Crippen molar-refractivity contribution < 1.29 is 24.1 Å². The number of rotatable bonds is 3. The summed E-state index contributed by atoms with van der Waals surface area (Å²) in [4.78, 5) is 12.0. The number of halogens is 3. The fourth-order valence-corrected chi connectivity index (χ4v) is 2.24. The average Bonchev–Trinajstić information content (AvgIpc) is 2.80. The molecule has 5 heteroatoms. The first-order valence-electron chi connectivity index (χ1n) is 5.86. The van der Waals surface area contributed by atoms with E-state index in [0.29, 0.717) is 5.56 Å². The number of hydrogen-bond donors (Lipinski definition) is 0. The van der Waals surface area contributed by atoms with Crippen molar-refractivity contribution in [3.63, 3.8) is 0 Å². The van der Waals surface area contributed by atoms with Gasteiger partial charge in [0.05, 0.1) is 0 Å². The van der Waals surface area contributed by atoms with Crippen LogP contribution in [0.2, 0.25) is 0 Å². The van der Waals surface area contributed by atoms with E-state index in [1.54, 1.807) is 0 Å². The van der Waals surface area contributed by atoms with E-state index in [4.69, 9.17) is 0 Å². The molecule has 0 saturated heterocycles. The van der Waals surface area contributed by atoms with Gasteiger partial charge < -0.3 is 4.74 Å². The Morgan fingerprint density at radius 2 is 1.72 bits per heavy atom. The van der Waals surface area contributed by atoms with Gasteiger partial charge in [0.25, 0.3) is 0 Å². The molecule has 0 amide bonds. The summed E-state index contributed by atoms with van der Waals surface area (Å²) in [5.41, 5.74) is 0.455. The standard InChI is InChI=1S/C13H13F3O2/c14-13(15,16)18-11-7-5-10(6-8-11)12(17)9-3-1-2-4-9/h5-9H,1-4H2/p+1. The minimum Gasteiger partial charge on any atom is -0.406 e. The quantitative estimate of drug-likeness (QED) is 0.765. The first-order chi connectivity index (χ1) is 8.46. The SMILES string of the molecule is O=C(c1ccc(OC(F)(F)F)cc1)C1CCCC1.[H+]. The summed E-state index contributed by atoms with van der Waals surface area (Å²) < 4.78 is 39.6. The molecule has 1 fully saturated rings. The summed E-state index contributed by atoms with van der Waals surface area (Å²) in [7, 11) is 0. The number of alkyl halides is 3. The van der Waals surface area contributed by atoms with Gasteiger partial charge in [-0.3, -0.25) is 4.79 Å². The second-order valence-corrected chi connectivity index (χ2v) is 4.42. The topological polar surface area (TPSA) is 26.3 Å². The average molecular weight is 259 g/mol. The van der Waals surface area contributed by atoms with Gasteiger partial charge in [-0.15, -0.1) is 13.2 Å². The van der Waals surface area contributed by atoms with Crippen molar-refractivity contribution in [2.75, 3.05) is 0 Å². The van der Waals surface area contributed by atoms with Crippen molar-refractivity contribution in [1.82, 2.24) is 0 Å². The van der Waals surface area contributed by atoms with Crippen LogP contribution >= 0.6 is 0 Å². The Bertz CT molecular complexity index is 423. The van der Waals surface area contributed by atoms with Crippen molar-refractivity contribution in [1.29, 1.82) is 0 Å². The molecule has 18 heavy (non-hydrogen) atoms. The zero-order valence-corrected chi connectivity index (χ0v) is 9.67. The number of ketones is 1. The molecule has 0 aliphatic heterocycles. The third kappa shape index (κ3) is 3.24. The van der Waals surface area contributed by atoms with E-state index < -0.39 is 6.36 Å². The maximum absolute atomic E-state index is 12.0. The Balaban J connectivity index is 0.00000180. The van der Waals surface area contributed by atoms with E-state index in [9.17, 15) is 18.0 Å². The first kappa shape index (κ1) is 12.9. The van der Waals surface area contributed by atoms with E-state index in [0.717, 1.165) is 25.7 Å². The van der Waals surface area contributed by atoms with Crippen LogP contribution < -0.4 is 4.74 Å². The Morgan fingerprint density at radius 1 is 1.17 bits per heavy atom. The van der Waals surface area contributed by atoms with Gasteiger partial charge in [0.15, 0.2) is 5.78 Å². The largest absolute Gasteiger partial charge is 1.00 e. The maximum Gasteiger partial charge on any atom is 1.00 e. The minimum atomic E-state index is -4.70. The summed E-state index contributed by atoms with van der Waals surface area (Å²) >= 11 is 0. The maximum atomic E-state index is 12.0. The van der Waals surface area contributed by atoms with Crippen LogP contribution in [0, 0.1) is 5.92 Å². The Hall–Kier alpha value is -1.52. The van der Waals surface area contributed by atoms with Gasteiger partial charge in [-0.25, -0.2) is 0 Å². The lowest BCUT2D eigenvalue weighted by molar-refractivity contribution is -0.274. The molecular weight excluding hydrogens is 245 g/mol. The number of carbonyl (C=O) groups is 1. The lowest BCUT2D eigenvalue weighted by Gasteiger charge is -2.10. The molecule has 1 aliphatic carbocycles. The van der Waals surface area contributed by atoms with E-state index in [2.05, 4.69) is 4.74 Å². The van der Waals surface area contributed by atoms with Gasteiger partial charge in [-0.05, 0) is 37.1 Å². The van der Waals surface area contributed by atoms with Crippen molar-refractivity contribution in [2.24, 2.45) is 5.92 Å². The molecule has 1 aromatic rings. The van der Waals surface area contributed by atoms with Crippen LogP contribution in [0.5, 0.6) is 5.75 Å². The van der Waals surface area contributed by atoms with Gasteiger partial charge in [0, 0.05) is 11.5 Å². The second kappa shape index (κ2) is 5.00. The highest BCUT2D eigenvalue weighted by Crippen LogP contribution is 2.29. The van der Waals surface area contributed by atoms with E-state index in [1.165, 1.54) is 24.3 Å². The fourth-order valence-electron chi connectivity index (χ4n) is 2.24. The molecule has 0 N–H and O–H groups in total. The van der Waals surface area contributed by atoms with E-state index in [1.807, 2.05) is 0 Å². The normalized spacial score (nSPS) is 16.8. The molecule has 1 aromatic carbocycles. The zero-order valence-electron chi connectivity index (χ0n) is 10.7. The summed E-state index contributed by atoms with van der Waals surface area (Å²) in [6, 6.07) is 5.13. The van der Waals surface area contributed by atoms with Crippen molar-refractivity contribution in [2.45, 2.75) is 32.0 Å². The number of carbonyl (C=O) groups excluding carboxylic acids is 1. The lowest BCUT2D eigenvalue weighted by atomic mass is 9.96. The molecule has 1 saturated carbocycles. The number of benzene rings is 1. The fraction of sp³-hybridized carbons (Fsp3) is 0.462. The van der Waals surface area contributed by atoms with Gasteiger partial charge in [0.1, 0.15) is 5.75 Å². The monoisotopic (exact) mass is 259 g/mol. The predicted octanol–water partition coefficient (Wildman–Crippen LogP) is 4.07. The molecule has 0 spiro atoms. The summed E-state index contributed by atoms with van der Waals surface area (Å²) in [6.07, 6.45) is -0.854. The highest BCUT2D eigenvalue weighted by Gasteiger charge is 2.31. The third-order valence-electron chi connectivity index (χ3n) is 3.10. The highest BCUT2D eigenvalue weighted by molar-refractivity contribution is 5.98. The molecule has 0 atom stereocenters. The second-order valence-electron chi connectivity index (χ2n) is 4.42. The number of ether oxygens (including phenoxy) is 1. The lowest BCUT2D eigenvalue weighted by Crippen LogP contribution is -2.17. The van der Waals surface area contributed by atoms with Crippen LogP contribution in [0.3, 0.4) is 0 Å². The van der Waals surface area contributed by atoms with Crippen LogP contribution in [0.1, 0.15) is 37.5 Å². The van der Waals surface area contributed by atoms with Crippen LogP contribution in [-0.2, 0) is 0 Å². The smallest absolute Gasteiger partial charge is 0.406 e. The molecule has 98 valence electrons. The molecule has 0 aromatic heterocycles. The molecule has 0 heterocycles. The number of Topliss-reactive ketones (excluding diaryl/α,β-unsaturated/α-hetero) is 1. The van der Waals surface area contributed by atoms with Crippen LogP contribution in [0.4, 0.5) is 13.2 Å². The minimum absolute atomic E-state index is 0. The Labute approximate surface area is 104 Å². The van der Waals surface area contributed by atoms with Gasteiger partial charge in [-0.2, -0.15) is 0 Å². The predicted molar refractivity (Wildman–Crippen MR) is 60.5 cm³/mol. The van der Waals surface area contributed by atoms with Crippen LogP contribution in [0.15, 0.2) is 24.3 Å². The van der Waals surface area contributed by atoms with Gasteiger partial charge >= 0.3 is 7.79 Å². The van der Waals surface area contributed by atoms with E-state index >= 15 is 0 Å². The molecular formula is C13H14F3O2+. The molecule has 1 aliphatic rings. The molecule has 0 radical (unpaired) electrons. The Morgan fingerprint density at radius 3 is 2.22 bits per heavy atom. The van der Waals surface area contributed by atoms with Crippen LogP contribution in [-0.4, -0.2) is 12.1 Å². The molecule has 2 nitrogen and oxygen atoms in total. The van der Waals surface area contributed by atoms with E-state index in [-0.39, 0.29) is 18.9 Å². The molecule has 0 bridgehead atoms. The van der Waals surface area contributed by atoms with Crippen LogP contribution in [0.25, 0.3) is 0 Å². The zero-order chi connectivity index (χ0) is 13.2. The molecule has 0 unspecified atom stereocenters. The first-order valence-corrected chi connectivity index (χ1v) is 5.86. The summed E-state index contributed by atoms with van der Waals surface area (Å²) in [6.45, 7) is 0. The highest BCUT2D eigenvalue weighted by atomic mass is 19.4. The van der Waals surface area contributed by atoms with Gasteiger partial charge in [0.2, 0.25) is 0 Å². The third-order valence-corrected chi connectivity index (χ3v) is 3.10. The Kier molecular flexibility index (Phi) is 3.59. The van der Waals surface area contributed by atoms with Crippen molar-refractivity contribution in [3.8, 4) is 5.75 Å². The van der Waals surface area contributed by atoms with Crippen molar-refractivity contribution >= 4 is 5.78 Å². The summed E-state index contributed by atoms with van der Waals surface area (Å²) in [5.74, 6) is -0.254. The number of hydrogen-bond acceptors (Lipinski definition) is 2. The summed E-state index contributed by atoms with van der Waals surface area (Å²) in [5, 5.41) is 0. The molecule has 2 rings (SSSR count).